The number of benzene rings is 2. The number of nitrogens with zero attached hydrogens (tertiary/aromatic N) is 1. The number of fused-ring (bicyclic) bond motifs is 1. The Bertz CT molecular complexity index is 946. The van der Waals surface area contributed by atoms with Gasteiger partial charge in [0, 0.05) is 37.9 Å². The van der Waals surface area contributed by atoms with Gasteiger partial charge in [-0.2, -0.15) is 0 Å². The second-order valence-electron chi connectivity index (χ2n) is 8.78. The Morgan fingerprint density at radius 1 is 1.00 bits per heavy atom. The number of carbonyl (C=O) groups excluding carboxylic acids is 2. The van der Waals surface area contributed by atoms with Gasteiger partial charge in [-0.05, 0) is 60.9 Å². The van der Waals surface area contributed by atoms with Gasteiger partial charge in [-0.15, -0.1) is 0 Å². The van der Waals surface area contributed by atoms with Gasteiger partial charge < -0.3 is 15.0 Å². The highest BCUT2D eigenvalue weighted by atomic mass is 16.5. The van der Waals surface area contributed by atoms with Crippen molar-refractivity contribution in [1.82, 2.24) is 4.90 Å². The van der Waals surface area contributed by atoms with Crippen molar-refractivity contribution in [3.05, 3.63) is 65.2 Å². The first-order valence-electron chi connectivity index (χ1n) is 11.0. The van der Waals surface area contributed by atoms with E-state index in [2.05, 4.69) is 17.4 Å². The Kier molecular flexibility index (Phi) is 5.07. The van der Waals surface area contributed by atoms with E-state index in [4.69, 9.17) is 4.74 Å². The Morgan fingerprint density at radius 2 is 1.77 bits per heavy atom. The molecule has 30 heavy (non-hydrogen) atoms. The van der Waals surface area contributed by atoms with Crippen molar-refractivity contribution in [2.45, 2.75) is 44.1 Å². The predicted octanol–water partition coefficient (Wildman–Crippen LogP) is 3.67. The maximum atomic E-state index is 13.5. The third kappa shape index (κ3) is 3.63. The van der Waals surface area contributed by atoms with Gasteiger partial charge in [0.05, 0.1) is 5.41 Å². The van der Waals surface area contributed by atoms with E-state index in [-0.39, 0.29) is 11.8 Å². The zero-order valence-corrected chi connectivity index (χ0v) is 17.2. The highest BCUT2D eigenvalue weighted by Crippen LogP contribution is 2.37. The molecular formula is C25H28N2O3. The molecule has 1 saturated carbocycles. The van der Waals surface area contributed by atoms with Crippen LogP contribution < -0.4 is 5.32 Å². The molecule has 2 heterocycles. The van der Waals surface area contributed by atoms with Gasteiger partial charge in [0.2, 0.25) is 11.8 Å². The largest absolute Gasteiger partial charge is 0.381 e. The van der Waals surface area contributed by atoms with Crippen LogP contribution in [-0.4, -0.2) is 36.5 Å². The van der Waals surface area contributed by atoms with Crippen molar-refractivity contribution in [2.24, 2.45) is 5.92 Å². The molecule has 1 saturated heterocycles. The lowest BCUT2D eigenvalue weighted by molar-refractivity contribution is -0.133. The molecule has 0 unspecified atom stereocenters. The summed E-state index contributed by atoms with van der Waals surface area (Å²) in [7, 11) is 0. The van der Waals surface area contributed by atoms with Gasteiger partial charge in [0.25, 0.3) is 0 Å². The number of amides is 2. The van der Waals surface area contributed by atoms with Gasteiger partial charge in [0.1, 0.15) is 0 Å². The van der Waals surface area contributed by atoms with Crippen LogP contribution in [0.2, 0.25) is 0 Å². The topological polar surface area (TPSA) is 58.6 Å². The van der Waals surface area contributed by atoms with Gasteiger partial charge >= 0.3 is 0 Å². The molecule has 0 bridgehead atoms. The molecule has 2 aliphatic heterocycles. The summed E-state index contributed by atoms with van der Waals surface area (Å²) >= 11 is 0. The van der Waals surface area contributed by atoms with Crippen molar-refractivity contribution in [1.29, 1.82) is 0 Å². The molecule has 3 aliphatic rings. The van der Waals surface area contributed by atoms with Crippen LogP contribution in [0, 0.1) is 5.92 Å². The molecule has 1 N–H and O–H groups in total. The van der Waals surface area contributed by atoms with Gasteiger partial charge in [-0.1, -0.05) is 36.4 Å². The first kappa shape index (κ1) is 19.3. The highest BCUT2D eigenvalue weighted by Gasteiger charge is 2.41. The molecule has 2 aromatic carbocycles. The van der Waals surface area contributed by atoms with E-state index >= 15 is 0 Å². The lowest BCUT2D eigenvalue weighted by Crippen LogP contribution is -2.44. The number of rotatable bonds is 4. The van der Waals surface area contributed by atoms with Crippen molar-refractivity contribution < 1.29 is 14.3 Å². The Labute approximate surface area is 177 Å². The lowest BCUT2D eigenvalue weighted by atomic mass is 9.73. The Hall–Kier alpha value is -2.66. The van der Waals surface area contributed by atoms with Gasteiger partial charge in [0.15, 0.2) is 0 Å². The number of anilines is 1. The molecule has 0 aromatic heterocycles. The predicted molar refractivity (Wildman–Crippen MR) is 115 cm³/mol. The Morgan fingerprint density at radius 3 is 2.50 bits per heavy atom. The molecule has 0 radical (unpaired) electrons. The minimum Gasteiger partial charge on any atom is -0.381 e. The van der Waals surface area contributed by atoms with Gasteiger partial charge in [-0.25, -0.2) is 0 Å². The first-order chi connectivity index (χ1) is 14.7. The number of hydrogen-bond acceptors (Lipinski definition) is 3. The van der Waals surface area contributed by atoms with Crippen molar-refractivity contribution in [2.75, 3.05) is 25.1 Å². The molecule has 5 heteroatoms. The van der Waals surface area contributed by atoms with Gasteiger partial charge in [-0.3, -0.25) is 9.59 Å². The third-order valence-corrected chi connectivity index (χ3v) is 6.82. The van der Waals surface area contributed by atoms with E-state index in [0.29, 0.717) is 38.5 Å². The van der Waals surface area contributed by atoms with Crippen LogP contribution in [0.4, 0.5) is 5.69 Å². The van der Waals surface area contributed by atoms with E-state index in [1.807, 2.05) is 41.3 Å². The molecule has 0 spiro atoms. The van der Waals surface area contributed by atoms with E-state index in [9.17, 15) is 9.59 Å². The minimum absolute atomic E-state index is 0.0265. The fourth-order valence-electron chi connectivity index (χ4n) is 4.79. The second kappa shape index (κ2) is 7.88. The molecule has 2 amide bonds. The van der Waals surface area contributed by atoms with Crippen molar-refractivity contribution in [3.63, 3.8) is 0 Å². The Balaban J connectivity index is 1.37. The molecular weight excluding hydrogens is 376 g/mol. The van der Waals surface area contributed by atoms with E-state index in [1.54, 1.807) is 0 Å². The number of carbonyl (C=O) groups is 2. The summed E-state index contributed by atoms with van der Waals surface area (Å²) in [6.45, 7) is 2.62. The smallest absolute Gasteiger partial charge is 0.235 e. The number of nitrogens with one attached hydrogen (secondary N) is 1. The van der Waals surface area contributed by atoms with Crippen LogP contribution in [0.25, 0.3) is 0 Å². The van der Waals surface area contributed by atoms with Crippen LogP contribution in [-0.2, 0) is 32.7 Å². The third-order valence-electron chi connectivity index (χ3n) is 6.82. The van der Waals surface area contributed by atoms with E-state index in [1.165, 1.54) is 5.56 Å². The summed E-state index contributed by atoms with van der Waals surface area (Å²) in [4.78, 5) is 28.0. The lowest BCUT2D eigenvalue weighted by Gasteiger charge is -2.36. The fourth-order valence-corrected chi connectivity index (χ4v) is 4.79. The monoisotopic (exact) mass is 404 g/mol. The zero-order chi connectivity index (χ0) is 20.6. The average Bonchev–Trinajstić information content (AvgIpc) is 3.64. The molecule has 156 valence electrons. The van der Waals surface area contributed by atoms with Crippen LogP contribution >= 0.6 is 0 Å². The van der Waals surface area contributed by atoms with E-state index < -0.39 is 5.41 Å². The summed E-state index contributed by atoms with van der Waals surface area (Å²) in [5.41, 5.74) is 3.71. The quantitative estimate of drug-likeness (QED) is 0.846. The summed E-state index contributed by atoms with van der Waals surface area (Å²) < 4.78 is 5.56. The minimum atomic E-state index is -0.566. The summed E-state index contributed by atoms with van der Waals surface area (Å²) in [6, 6.07) is 16.2. The molecule has 5 nitrogen and oxygen atoms in total. The van der Waals surface area contributed by atoms with Crippen molar-refractivity contribution >= 4 is 17.5 Å². The maximum absolute atomic E-state index is 13.5. The highest BCUT2D eigenvalue weighted by molar-refractivity contribution is 5.99. The standard InChI is InChI=1S/C25H28N2O3/c28-23(19-6-7-19)27-13-10-18-8-9-22(16-20(18)17-27)26-24(29)25(11-14-30-15-12-25)21-4-2-1-3-5-21/h1-5,8-9,16,19H,6-7,10-15,17H2,(H,26,29). The van der Waals surface area contributed by atoms with Crippen molar-refractivity contribution in [3.8, 4) is 0 Å². The molecule has 5 rings (SSSR count). The number of ether oxygens (including phenoxy) is 1. The fraction of sp³-hybridized carbons (Fsp3) is 0.440. The zero-order valence-electron chi connectivity index (χ0n) is 17.2. The SMILES string of the molecule is O=C(C1CC1)N1CCc2ccc(NC(=O)C3(c4ccccc4)CCOCC3)cc2C1. The first-order valence-corrected chi connectivity index (χ1v) is 11.0. The maximum Gasteiger partial charge on any atom is 0.235 e. The molecule has 2 aromatic rings. The van der Waals surface area contributed by atoms with Crippen LogP contribution in [0.3, 0.4) is 0 Å². The average molecular weight is 405 g/mol. The summed E-state index contributed by atoms with van der Waals surface area (Å²) in [6.07, 6.45) is 4.30. The van der Waals surface area contributed by atoms with Crippen LogP contribution in [0.5, 0.6) is 0 Å². The normalized spacial score (nSPS) is 20.3. The molecule has 0 atom stereocenters. The summed E-state index contributed by atoms with van der Waals surface area (Å²) in [5.74, 6) is 0.563. The molecule has 2 fully saturated rings. The molecule has 1 aliphatic carbocycles. The van der Waals surface area contributed by atoms with Crippen LogP contribution in [0.15, 0.2) is 48.5 Å². The summed E-state index contributed by atoms with van der Waals surface area (Å²) in [5, 5.41) is 3.18. The van der Waals surface area contributed by atoms with Crippen LogP contribution in [0.1, 0.15) is 42.4 Å². The second-order valence-corrected chi connectivity index (χ2v) is 8.78. The van der Waals surface area contributed by atoms with E-state index in [0.717, 1.165) is 42.6 Å². The number of hydrogen-bond donors (Lipinski definition) is 1.